The van der Waals surface area contributed by atoms with Gasteiger partial charge in [0.15, 0.2) is 5.82 Å². The van der Waals surface area contributed by atoms with Crippen LogP contribution in [0.5, 0.6) is 17.2 Å². The van der Waals surface area contributed by atoms with E-state index in [4.69, 9.17) is 10.00 Å². The van der Waals surface area contributed by atoms with Crippen molar-refractivity contribution in [2.45, 2.75) is 31.3 Å². The summed E-state index contributed by atoms with van der Waals surface area (Å²) in [6.07, 6.45) is -9.01. The van der Waals surface area contributed by atoms with E-state index in [2.05, 4.69) is 10.1 Å². The number of alkyl halides is 6. The number of benzene rings is 3. The number of nitrogens with zero attached hydrogens (tertiary/aromatic N) is 1. The van der Waals surface area contributed by atoms with E-state index in [9.17, 15) is 35.5 Å². The number of nitriles is 1. The van der Waals surface area contributed by atoms with Crippen LogP contribution in [-0.4, -0.2) is 12.3 Å². The van der Waals surface area contributed by atoms with Crippen LogP contribution in [0.1, 0.15) is 45.8 Å². The number of carbonyl (C=O) groups excluding carboxylic acids is 1. The smallest absolute Gasteiger partial charge is 0.456 e. The SMILES string of the molecule is N#Cc1cc(NC(=O)c2c(Oc3ccc(OC(F)(F)F)cc3C3CC3)ccc(C(F)(F)F)c2F)ccc1F. The molecule has 0 heterocycles. The number of hydrogen-bond donors (Lipinski definition) is 1. The zero-order chi connectivity index (χ0) is 27.8. The van der Waals surface area contributed by atoms with Crippen molar-refractivity contribution in [3.05, 3.63) is 82.4 Å². The Morgan fingerprint density at radius 1 is 0.947 bits per heavy atom. The van der Waals surface area contributed by atoms with Gasteiger partial charge in [0, 0.05) is 11.3 Å². The number of rotatable bonds is 6. The molecule has 13 heteroatoms. The van der Waals surface area contributed by atoms with Crippen LogP contribution in [0.3, 0.4) is 0 Å². The summed E-state index contributed by atoms with van der Waals surface area (Å²) >= 11 is 0. The zero-order valence-corrected chi connectivity index (χ0v) is 18.8. The van der Waals surface area contributed by atoms with E-state index in [0.29, 0.717) is 25.0 Å². The molecule has 0 saturated heterocycles. The maximum atomic E-state index is 15.1. The molecule has 38 heavy (non-hydrogen) atoms. The minimum absolute atomic E-state index is 0.121. The fourth-order valence-electron chi connectivity index (χ4n) is 3.60. The van der Waals surface area contributed by atoms with Gasteiger partial charge in [-0.15, -0.1) is 13.2 Å². The number of nitrogens with one attached hydrogen (secondary N) is 1. The van der Waals surface area contributed by atoms with Gasteiger partial charge in [0.2, 0.25) is 0 Å². The summed E-state index contributed by atoms with van der Waals surface area (Å²) < 4.78 is 116. The van der Waals surface area contributed by atoms with Gasteiger partial charge >= 0.3 is 12.5 Å². The number of carbonyl (C=O) groups is 1. The normalized spacial score (nSPS) is 13.6. The van der Waals surface area contributed by atoms with Crippen LogP contribution in [0.2, 0.25) is 0 Å². The standard InChI is InChI=1S/C25H14F8N2O3/c26-18-6-3-14(9-13(18)11-34)35-23(36)21-20(8-5-17(22(21)27)24(28,29)30)37-19-7-4-15(38-25(31,32)33)10-16(19)12-1-2-12/h3-10,12H,1-2H2,(H,35,36). The van der Waals surface area contributed by atoms with Crippen molar-refractivity contribution in [2.24, 2.45) is 0 Å². The lowest BCUT2D eigenvalue weighted by Crippen LogP contribution is -2.19. The van der Waals surface area contributed by atoms with E-state index < -0.39 is 58.3 Å². The van der Waals surface area contributed by atoms with Crippen molar-refractivity contribution >= 4 is 11.6 Å². The van der Waals surface area contributed by atoms with E-state index in [1.54, 1.807) is 0 Å². The topological polar surface area (TPSA) is 71.4 Å². The van der Waals surface area contributed by atoms with Crippen molar-refractivity contribution in [1.82, 2.24) is 0 Å². The van der Waals surface area contributed by atoms with Crippen LogP contribution in [0, 0.1) is 23.0 Å². The van der Waals surface area contributed by atoms with Gasteiger partial charge in [-0.2, -0.15) is 18.4 Å². The Balaban J connectivity index is 1.75. The summed E-state index contributed by atoms with van der Waals surface area (Å²) in [7, 11) is 0. The fourth-order valence-corrected chi connectivity index (χ4v) is 3.60. The van der Waals surface area contributed by atoms with Gasteiger partial charge in [-0.05, 0) is 67.3 Å². The minimum atomic E-state index is -5.18. The molecule has 1 amide bonds. The molecule has 1 fully saturated rings. The third kappa shape index (κ3) is 5.96. The van der Waals surface area contributed by atoms with Crippen molar-refractivity contribution < 1.29 is 49.4 Å². The first-order chi connectivity index (χ1) is 17.8. The highest BCUT2D eigenvalue weighted by Crippen LogP contribution is 2.47. The second kappa shape index (κ2) is 9.85. The molecule has 1 N–H and O–H groups in total. The predicted molar refractivity (Wildman–Crippen MR) is 116 cm³/mol. The van der Waals surface area contributed by atoms with Crippen molar-refractivity contribution in [2.75, 3.05) is 5.32 Å². The summed E-state index contributed by atoms with van der Waals surface area (Å²) in [6.45, 7) is 0. The summed E-state index contributed by atoms with van der Waals surface area (Å²) in [6, 6.07) is 8.29. The van der Waals surface area contributed by atoms with Gasteiger partial charge in [0.05, 0.1) is 11.1 Å². The molecule has 0 aromatic heterocycles. The van der Waals surface area contributed by atoms with Gasteiger partial charge in [-0.25, -0.2) is 8.78 Å². The first-order valence-electron chi connectivity index (χ1n) is 10.7. The maximum Gasteiger partial charge on any atom is 0.573 e. The molecule has 3 aromatic carbocycles. The molecule has 1 aliphatic rings. The summed E-state index contributed by atoms with van der Waals surface area (Å²) in [4.78, 5) is 12.9. The van der Waals surface area contributed by atoms with E-state index in [1.807, 2.05) is 0 Å². The number of amides is 1. The predicted octanol–water partition coefficient (Wildman–Crippen LogP) is 7.68. The van der Waals surface area contributed by atoms with E-state index >= 15 is 4.39 Å². The average molecular weight is 542 g/mol. The molecular formula is C25H14F8N2O3. The van der Waals surface area contributed by atoms with Gasteiger partial charge < -0.3 is 14.8 Å². The summed E-state index contributed by atoms with van der Waals surface area (Å²) in [5, 5.41) is 11.1. The summed E-state index contributed by atoms with van der Waals surface area (Å²) in [5.74, 6) is -5.91. The number of hydrogen-bond acceptors (Lipinski definition) is 4. The largest absolute Gasteiger partial charge is 0.573 e. The van der Waals surface area contributed by atoms with Gasteiger partial charge in [0.1, 0.15) is 34.7 Å². The van der Waals surface area contributed by atoms with Crippen LogP contribution in [0.25, 0.3) is 0 Å². The van der Waals surface area contributed by atoms with E-state index in [0.717, 1.165) is 36.4 Å². The molecule has 0 atom stereocenters. The molecule has 4 rings (SSSR count). The van der Waals surface area contributed by atoms with Gasteiger partial charge in [-0.1, -0.05) is 0 Å². The molecular weight excluding hydrogens is 528 g/mol. The van der Waals surface area contributed by atoms with Gasteiger partial charge in [0.25, 0.3) is 5.91 Å². The Labute approximate surface area is 209 Å². The molecule has 0 aliphatic heterocycles. The lowest BCUT2D eigenvalue weighted by Gasteiger charge is -2.18. The summed E-state index contributed by atoms with van der Waals surface area (Å²) in [5.41, 5.74) is -3.43. The van der Waals surface area contributed by atoms with E-state index in [1.165, 1.54) is 6.07 Å². The van der Waals surface area contributed by atoms with Crippen LogP contribution < -0.4 is 14.8 Å². The Morgan fingerprint density at radius 2 is 1.63 bits per heavy atom. The van der Waals surface area contributed by atoms with Gasteiger partial charge in [-0.3, -0.25) is 4.79 Å². The number of halogens is 8. The Bertz CT molecular complexity index is 1440. The minimum Gasteiger partial charge on any atom is -0.456 e. The molecule has 1 aliphatic carbocycles. The maximum absolute atomic E-state index is 15.1. The molecule has 198 valence electrons. The second-order valence-corrected chi connectivity index (χ2v) is 8.18. The lowest BCUT2D eigenvalue weighted by molar-refractivity contribution is -0.274. The molecule has 3 aromatic rings. The highest BCUT2D eigenvalue weighted by Gasteiger charge is 2.38. The monoisotopic (exact) mass is 542 g/mol. The first kappa shape index (κ1) is 26.7. The van der Waals surface area contributed by atoms with Crippen LogP contribution in [0.4, 0.5) is 40.8 Å². The highest BCUT2D eigenvalue weighted by atomic mass is 19.4. The first-order valence-corrected chi connectivity index (χ1v) is 10.7. The quantitative estimate of drug-likeness (QED) is 0.325. The third-order valence-electron chi connectivity index (χ3n) is 5.43. The van der Waals surface area contributed by atoms with Crippen molar-refractivity contribution in [3.8, 4) is 23.3 Å². The molecule has 5 nitrogen and oxygen atoms in total. The molecule has 1 saturated carbocycles. The van der Waals surface area contributed by atoms with Crippen LogP contribution in [-0.2, 0) is 6.18 Å². The highest BCUT2D eigenvalue weighted by molar-refractivity contribution is 6.06. The lowest BCUT2D eigenvalue weighted by atomic mass is 10.1. The zero-order valence-electron chi connectivity index (χ0n) is 18.8. The van der Waals surface area contributed by atoms with Crippen molar-refractivity contribution in [3.63, 3.8) is 0 Å². The third-order valence-corrected chi connectivity index (χ3v) is 5.43. The second-order valence-electron chi connectivity index (χ2n) is 8.18. The number of anilines is 1. The van der Waals surface area contributed by atoms with Crippen molar-refractivity contribution in [1.29, 1.82) is 5.26 Å². The molecule has 0 bridgehead atoms. The van der Waals surface area contributed by atoms with Crippen LogP contribution >= 0.6 is 0 Å². The molecule has 0 spiro atoms. The Hall–Kier alpha value is -4.34. The molecule has 0 unspecified atom stereocenters. The van der Waals surface area contributed by atoms with E-state index in [-0.39, 0.29) is 22.9 Å². The Kier molecular flexibility index (Phi) is 6.92. The number of ether oxygens (including phenoxy) is 2. The molecule has 0 radical (unpaired) electrons. The fraction of sp³-hybridized carbons (Fsp3) is 0.200. The Morgan fingerprint density at radius 3 is 2.24 bits per heavy atom. The average Bonchev–Trinajstić information content (AvgIpc) is 3.65. The van der Waals surface area contributed by atoms with Crippen LogP contribution in [0.15, 0.2) is 48.5 Å².